The number of hydrazine groups is 1. The largest absolute Gasteiger partial charge is 0.308 e. The predicted octanol–water partition coefficient (Wildman–Crippen LogP) is 1.49. The van der Waals surface area contributed by atoms with Crippen LogP contribution in [-0.2, 0) is 0 Å². The number of hydrogen-bond acceptors (Lipinski definition) is 5. The Morgan fingerprint density at radius 2 is 2.23 bits per heavy atom. The third-order valence-corrected chi connectivity index (χ3v) is 2.41. The summed E-state index contributed by atoms with van der Waals surface area (Å²) in [6, 6.07) is 3.75. The van der Waals surface area contributed by atoms with E-state index in [1.807, 2.05) is 17.5 Å². The topological polar surface area (TPSA) is 63.8 Å². The highest BCUT2D eigenvalue weighted by Crippen LogP contribution is 2.21. The van der Waals surface area contributed by atoms with Crippen LogP contribution in [0.15, 0.2) is 29.9 Å². The van der Waals surface area contributed by atoms with E-state index in [9.17, 15) is 0 Å². The van der Waals surface area contributed by atoms with Crippen LogP contribution in [0.5, 0.6) is 0 Å². The Bertz CT molecular complexity index is 368. The Hall–Kier alpha value is -1.46. The Balaban J connectivity index is 2.33. The molecule has 2 aromatic heterocycles. The maximum Gasteiger partial charge on any atom is 0.139 e. The van der Waals surface area contributed by atoms with Crippen molar-refractivity contribution in [3.63, 3.8) is 0 Å². The highest BCUT2D eigenvalue weighted by atomic mass is 32.1. The molecule has 13 heavy (non-hydrogen) atoms. The van der Waals surface area contributed by atoms with E-state index in [0.717, 1.165) is 10.6 Å². The molecule has 0 spiro atoms. The van der Waals surface area contributed by atoms with Gasteiger partial charge in [0.25, 0.3) is 0 Å². The molecule has 0 fully saturated rings. The molecule has 0 unspecified atom stereocenters. The first kappa shape index (κ1) is 8.15. The van der Waals surface area contributed by atoms with Crippen LogP contribution >= 0.6 is 11.3 Å². The standard InChI is InChI=1S/C8H8N4S/c9-12-7-2-1-6(5-11-7)8-10-3-4-13-8/h1-5H,9H2,(H,11,12). The maximum atomic E-state index is 5.19. The smallest absolute Gasteiger partial charge is 0.139 e. The summed E-state index contributed by atoms with van der Waals surface area (Å²) in [4.78, 5) is 8.25. The van der Waals surface area contributed by atoms with Gasteiger partial charge in [-0.15, -0.1) is 11.3 Å². The lowest BCUT2D eigenvalue weighted by Gasteiger charge is -1.98. The van der Waals surface area contributed by atoms with Gasteiger partial charge in [0.15, 0.2) is 0 Å². The normalized spacial score (nSPS) is 9.92. The molecule has 0 atom stereocenters. The van der Waals surface area contributed by atoms with Crippen molar-refractivity contribution in [2.24, 2.45) is 5.84 Å². The van der Waals surface area contributed by atoms with Gasteiger partial charge in [0.1, 0.15) is 10.8 Å². The third kappa shape index (κ3) is 1.66. The zero-order valence-electron chi connectivity index (χ0n) is 6.77. The minimum Gasteiger partial charge on any atom is -0.308 e. The first-order chi connectivity index (χ1) is 6.40. The number of pyridine rings is 1. The molecule has 2 aromatic rings. The molecule has 0 radical (unpaired) electrons. The zero-order chi connectivity index (χ0) is 9.10. The highest BCUT2D eigenvalue weighted by Gasteiger charge is 1.99. The number of hydrogen-bond donors (Lipinski definition) is 2. The summed E-state index contributed by atoms with van der Waals surface area (Å²) in [5.41, 5.74) is 3.48. The monoisotopic (exact) mass is 192 g/mol. The van der Waals surface area contributed by atoms with Crippen LogP contribution in [0.25, 0.3) is 10.6 Å². The van der Waals surface area contributed by atoms with Gasteiger partial charge < -0.3 is 5.43 Å². The van der Waals surface area contributed by atoms with Gasteiger partial charge in [0.2, 0.25) is 0 Å². The zero-order valence-corrected chi connectivity index (χ0v) is 7.58. The second-order valence-electron chi connectivity index (χ2n) is 2.41. The molecule has 66 valence electrons. The number of aromatic nitrogens is 2. The molecule has 2 rings (SSSR count). The molecule has 0 saturated carbocycles. The van der Waals surface area contributed by atoms with Crippen molar-refractivity contribution in [3.05, 3.63) is 29.9 Å². The van der Waals surface area contributed by atoms with Gasteiger partial charge in [0.05, 0.1) is 0 Å². The van der Waals surface area contributed by atoms with Gasteiger partial charge in [-0.2, -0.15) is 0 Å². The van der Waals surface area contributed by atoms with Crippen molar-refractivity contribution < 1.29 is 0 Å². The first-order valence-electron chi connectivity index (χ1n) is 3.72. The molecule has 0 bridgehead atoms. The lowest BCUT2D eigenvalue weighted by molar-refractivity contribution is 1.23. The van der Waals surface area contributed by atoms with Gasteiger partial charge in [0, 0.05) is 23.3 Å². The van der Waals surface area contributed by atoms with Gasteiger partial charge >= 0.3 is 0 Å². The van der Waals surface area contributed by atoms with Gasteiger partial charge in [-0.1, -0.05) is 0 Å². The second kappa shape index (κ2) is 3.51. The number of nitrogen functional groups attached to an aromatic ring is 1. The van der Waals surface area contributed by atoms with Crippen molar-refractivity contribution in [3.8, 4) is 10.6 Å². The minimum absolute atomic E-state index is 0.653. The molecule has 0 amide bonds. The quantitative estimate of drug-likeness (QED) is 0.559. The third-order valence-electron chi connectivity index (χ3n) is 1.59. The summed E-state index contributed by atoms with van der Waals surface area (Å²) in [7, 11) is 0. The fourth-order valence-corrected chi connectivity index (χ4v) is 1.60. The van der Waals surface area contributed by atoms with Gasteiger partial charge in [-0.3, -0.25) is 0 Å². The van der Waals surface area contributed by atoms with E-state index in [0.29, 0.717) is 5.82 Å². The van der Waals surface area contributed by atoms with Gasteiger partial charge in [-0.05, 0) is 12.1 Å². The molecule has 0 aliphatic rings. The number of nitrogens with zero attached hydrogens (tertiary/aromatic N) is 2. The minimum atomic E-state index is 0.653. The van der Waals surface area contributed by atoms with E-state index in [1.165, 1.54) is 0 Å². The molecular formula is C8H8N4S. The van der Waals surface area contributed by atoms with Crippen LogP contribution in [0.2, 0.25) is 0 Å². The van der Waals surface area contributed by atoms with Crippen molar-refractivity contribution in [1.82, 2.24) is 9.97 Å². The first-order valence-corrected chi connectivity index (χ1v) is 4.60. The Labute approximate surface area is 79.4 Å². The molecule has 0 aliphatic heterocycles. The number of anilines is 1. The second-order valence-corrected chi connectivity index (χ2v) is 3.31. The van der Waals surface area contributed by atoms with Crippen LogP contribution < -0.4 is 11.3 Å². The van der Waals surface area contributed by atoms with Crippen molar-refractivity contribution >= 4 is 17.2 Å². The average molecular weight is 192 g/mol. The van der Waals surface area contributed by atoms with Crippen molar-refractivity contribution in [1.29, 1.82) is 0 Å². The average Bonchev–Trinajstić information content (AvgIpc) is 2.71. The maximum absolute atomic E-state index is 5.19. The summed E-state index contributed by atoms with van der Waals surface area (Å²) >= 11 is 1.59. The Morgan fingerprint density at radius 3 is 2.77 bits per heavy atom. The molecule has 0 saturated heterocycles. The van der Waals surface area contributed by atoms with Crippen molar-refractivity contribution in [2.45, 2.75) is 0 Å². The Kier molecular flexibility index (Phi) is 2.20. The number of nitrogens with two attached hydrogens (primary N) is 1. The summed E-state index contributed by atoms with van der Waals surface area (Å²) in [5, 5.41) is 2.90. The highest BCUT2D eigenvalue weighted by molar-refractivity contribution is 7.13. The van der Waals surface area contributed by atoms with Crippen LogP contribution in [0, 0.1) is 0 Å². The lowest BCUT2D eigenvalue weighted by atomic mass is 10.3. The molecule has 3 N–H and O–H groups in total. The van der Waals surface area contributed by atoms with E-state index < -0.39 is 0 Å². The fourth-order valence-electron chi connectivity index (χ4n) is 0.972. The van der Waals surface area contributed by atoms with Crippen LogP contribution in [0.1, 0.15) is 0 Å². The number of nitrogens with one attached hydrogen (secondary N) is 1. The number of thiazole rings is 1. The predicted molar refractivity (Wildman–Crippen MR) is 53.2 cm³/mol. The van der Waals surface area contributed by atoms with E-state index in [2.05, 4.69) is 15.4 Å². The molecule has 0 aliphatic carbocycles. The molecule has 2 heterocycles. The lowest BCUT2D eigenvalue weighted by Crippen LogP contribution is -2.07. The number of rotatable bonds is 2. The van der Waals surface area contributed by atoms with Crippen LogP contribution in [0.4, 0.5) is 5.82 Å². The SMILES string of the molecule is NNc1ccc(-c2nccs2)cn1. The van der Waals surface area contributed by atoms with E-state index in [1.54, 1.807) is 23.7 Å². The van der Waals surface area contributed by atoms with Crippen LogP contribution in [-0.4, -0.2) is 9.97 Å². The summed E-state index contributed by atoms with van der Waals surface area (Å²) in [6.07, 6.45) is 3.52. The fraction of sp³-hybridized carbons (Fsp3) is 0. The van der Waals surface area contributed by atoms with Crippen LogP contribution in [0.3, 0.4) is 0 Å². The summed E-state index contributed by atoms with van der Waals surface area (Å²) in [6.45, 7) is 0. The van der Waals surface area contributed by atoms with E-state index in [4.69, 9.17) is 5.84 Å². The Morgan fingerprint density at radius 1 is 1.31 bits per heavy atom. The molecule has 4 nitrogen and oxygen atoms in total. The summed E-state index contributed by atoms with van der Waals surface area (Å²) in [5.74, 6) is 5.85. The van der Waals surface area contributed by atoms with Gasteiger partial charge in [-0.25, -0.2) is 15.8 Å². The molecular weight excluding hydrogens is 184 g/mol. The summed E-state index contributed by atoms with van der Waals surface area (Å²) < 4.78 is 0. The molecule has 5 heteroatoms. The molecule has 0 aromatic carbocycles. The van der Waals surface area contributed by atoms with E-state index >= 15 is 0 Å². The van der Waals surface area contributed by atoms with Crippen molar-refractivity contribution in [2.75, 3.05) is 5.43 Å². The van der Waals surface area contributed by atoms with E-state index in [-0.39, 0.29) is 0 Å².